The van der Waals surface area contributed by atoms with E-state index in [9.17, 15) is 4.79 Å². The van der Waals surface area contributed by atoms with Crippen molar-refractivity contribution in [3.05, 3.63) is 51.2 Å². The summed E-state index contributed by atoms with van der Waals surface area (Å²) in [6.07, 6.45) is 1.58. The second kappa shape index (κ2) is 5.75. The molecule has 0 aliphatic carbocycles. The van der Waals surface area contributed by atoms with Gasteiger partial charge in [-0.3, -0.25) is 9.48 Å². The lowest BCUT2D eigenvalue weighted by atomic mass is 10.2. The van der Waals surface area contributed by atoms with E-state index in [4.69, 9.17) is 11.6 Å². The van der Waals surface area contributed by atoms with Gasteiger partial charge in [-0.2, -0.15) is 5.10 Å². The Morgan fingerprint density at radius 1 is 1.42 bits per heavy atom. The van der Waals surface area contributed by atoms with Gasteiger partial charge in [0.15, 0.2) is 0 Å². The molecule has 1 amide bonds. The Morgan fingerprint density at radius 2 is 2.05 bits per heavy atom. The number of aryl methyl sites for hydroxylation is 1. The summed E-state index contributed by atoms with van der Waals surface area (Å²) >= 11 is 9.38. The zero-order valence-corrected chi connectivity index (χ0v) is 12.9. The van der Waals surface area contributed by atoms with E-state index in [1.165, 1.54) is 0 Å². The molecule has 0 aliphatic heterocycles. The molecule has 0 saturated carbocycles. The average molecular weight is 343 g/mol. The molecule has 2 aromatic rings. The first kappa shape index (κ1) is 14.1. The third-order valence-corrected chi connectivity index (χ3v) is 3.68. The molecule has 0 fully saturated rings. The van der Waals surface area contributed by atoms with Crippen molar-refractivity contribution in [3.63, 3.8) is 0 Å². The van der Waals surface area contributed by atoms with Crippen LogP contribution in [0, 0.1) is 0 Å². The summed E-state index contributed by atoms with van der Waals surface area (Å²) in [5, 5.41) is 4.62. The summed E-state index contributed by atoms with van der Waals surface area (Å²) in [6.45, 7) is 0.421. The number of aromatic nitrogens is 2. The van der Waals surface area contributed by atoms with E-state index >= 15 is 0 Å². The van der Waals surface area contributed by atoms with Crippen molar-refractivity contribution in [2.45, 2.75) is 6.54 Å². The van der Waals surface area contributed by atoms with Crippen LogP contribution < -0.4 is 0 Å². The summed E-state index contributed by atoms with van der Waals surface area (Å²) in [5.74, 6) is -0.0511. The van der Waals surface area contributed by atoms with Crippen molar-refractivity contribution in [1.82, 2.24) is 14.7 Å². The van der Waals surface area contributed by atoms with Crippen molar-refractivity contribution in [3.8, 4) is 0 Å². The first-order valence-corrected chi connectivity index (χ1v) is 6.83. The van der Waals surface area contributed by atoms with Gasteiger partial charge < -0.3 is 4.90 Å². The fourth-order valence-corrected chi connectivity index (χ4v) is 2.21. The summed E-state index contributed by atoms with van der Waals surface area (Å²) < 4.78 is 2.62. The van der Waals surface area contributed by atoms with Crippen LogP contribution in [0.1, 0.15) is 16.1 Å². The smallest absolute Gasteiger partial charge is 0.253 e. The molecule has 0 aliphatic rings. The maximum absolute atomic E-state index is 12.2. The van der Waals surface area contributed by atoms with Gasteiger partial charge in [0.2, 0.25) is 0 Å². The Hall–Kier alpha value is -1.33. The number of rotatable bonds is 3. The topological polar surface area (TPSA) is 38.1 Å². The van der Waals surface area contributed by atoms with Gasteiger partial charge in [0.1, 0.15) is 0 Å². The van der Waals surface area contributed by atoms with Crippen molar-refractivity contribution in [2.24, 2.45) is 7.05 Å². The minimum Gasteiger partial charge on any atom is -0.336 e. The highest BCUT2D eigenvalue weighted by molar-refractivity contribution is 9.10. The van der Waals surface area contributed by atoms with Crippen LogP contribution >= 0.6 is 27.5 Å². The molecule has 6 heteroatoms. The van der Waals surface area contributed by atoms with Crippen LogP contribution in [0.4, 0.5) is 0 Å². The number of hydrogen-bond acceptors (Lipinski definition) is 2. The van der Waals surface area contributed by atoms with Crippen LogP contribution in [0.25, 0.3) is 0 Å². The van der Waals surface area contributed by atoms with E-state index in [1.54, 1.807) is 42.0 Å². The van der Waals surface area contributed by atoms with Gasteiger partial charge in [-0.1, -0.05) is 27.5 Å². The van der Waals surface area contributed by atoms with Crippen LogP contribution in [-0.4, -0.2) is 27.6 Å². The fraction of sp³-hybridized carbons (Fsp3) is 0.231. The van der Waals surface area contributed by atoms with E-state index in [2.05, 4.69) is 21.0 Å². The Labute approximate surface area is 125 Å². The number of carbonyl (C=O) groups is 1. The lowest BCUT2D eigenvalue weighted by Gasteiger charge is -2.17. The van der Waals surface area contributed by atoms with Gasteiger partial charge in [-0.25, -0.2) is 0 Å². The SMILES string of the molecule is CN(Cc1c(Cl)cnn1C)C(=O)c1ccc(Br)cc1. The highest BCUT2D eigenvalue weighted by Gasteiger charge is 2.15. The zero-order chi connectivity index (χ0) is 14.0. The molecular formula is C13H13BrClN3O. The van der Waals surface area contributed by atoms with Crippen molar-refractivity contribution < 1.29 is 4.79 Å². The third-order valence-electron chi connectivity index (χ3n) is 2.84. The Morgan fingerprint density at radius 3 is 2.58 bits per heavy atom. The van der Waals surface area contributed by atoms with Gasteiger partial charge in [-0.15, -0.1) is 0 Å². The highest BCUT2D eigenvalue weighted by Crippen LogP contribution is 2.17. The monoisotopic (exact) mass is 341 g/mol. The van der Waals surface area contributed by atoms with Crippen LogP contribution in [0.2, 0.25) is 5.02 Å². The van der Waals surface area contributed by atoms with Crippen molar-refractivity contribution in [1.29, 1.82) is 0 Å². The van der Waals surface area contributed by atoms with E-state index in [0.29, 0.717) is 17.1 Å². The maximum Gasteiger partial charge on any atom is 0.253 e. The number of benzene rings is 1. The first-order valence-electron chi connectivity index (χ1n) is 5.66. The lowest BCUT2D eigenvalue weighted by molar-refractivity contribution is 0.0782. The molecule has 0 spiro atoms. The summed E-state index contributed by atoms with van der Waals surface area (Å²) in [5.41, 5.74) is 1.46. The van der Waals surface area contributed by atoms with Crippen LogP contribution in [0.5, 0.6) is 0 Å². The molecule has 1 aromatic heterocycles. The molecule has 0 unspecified atom stereocenters. The van der Waals surface area contributed by atoms with E-state index < -0.39 is 0 Å². The molecule has 2 rings (SSSR count). The quantitative estimate of drug-likeness (QED) is 0.859. The number of amides is 1. The zero-order valence-electron chi connectivity index (χ0n) is 10.6. The molecule has 4 nitrogen and oxygen atoms in total. The molecular weight excluding hydrogens is 330 g/mol. The minimum atomic E-state index is -0.0511. The Kier molecular flexibility index (Phi) is 4.27. The van der Waals surface area contributed by atoms with Gasteiger partial charge in [-0.05, 0) is 24.3 Å². The number of nitrogens with zero attached hydrogens (tertiary/aromatic N) is 3. The number of hydrogen-bond donors (Lipinski definition) is 0. The predicted molar refractivity (Wildman–Crippen MR) is 78.2 cm³/mol. The summed E-state index contributed by atoms with van der Waals surface area (Å²) in [4.78, 5) is 13.9. The normalized spacial score (nSPS) is 10.5. The Balaban J connectivity index is 2.14. The molecule has 0 saturated heterocycles. The van der Waals surface area contributed by atoms with Crippen molar-refractivity contribution in [2.75, 3.05) is 7.05 Å². The highest BCUT2D eigenvalue weighted by atomic mass is 79.9. The molecule has 1 heterocycles. The minimum absolute atomic E-state index is 0.0511. The molecule has 0 N–H and O–H groups in total. The van der Waals surface area contributed by atoms with Crippen molar-refractivity contribution >= 4 is 33.4 Å². The van der Waals surface area contributed by atoms with E-state index in [-0.39, 0.29) is 5.91 Å². The predicted octanol–water partition coefficient (Wildman–Crippen LogP) is 3.11. The molecule has 1 aromatic carbocycles. The van der Waals surface area contributed by atoms with Gasteiger partial charge >= 0.3 is 0 Å². The van der Waals surface area contributed by atoms with E-state index in [0.717, 1.165) is 10.2 Å². The summed E-state index contributed by atoms with van der Waals surface area (Å²) in [7, 11) is 3.55. The molecule has 100 valence electrons. The number of halogens is 2. The second-order valence-electron chi connectivity index (χ2n) is 4.23. The molecule has 0 atom stereocenters. The largest absolute Gasteiger partial charge is 0.336 e. The Bertz CT molecular complexity index is 575. The average Bonchev–Trinajstić information content (AvgIpc) is 2.70. The fourth-order valence-electron chi connectivity index (χ4n) is 1.72. The number of carbonyl (C=O) groups excluding carboxylic acids is 1. The molecule has 19 heavy (non-hydrogen) atoms. The standard InChI is InChI=1S/C13H13BrClN3O/c1-17(8-12-11(15)7-16-18(12)2)13(19)9-3-5-10(14)6-4-9/h3-7H,8H2,1-2H3. The molecule has 0 bridgehead atoms. The van der Waals surface area contributed by atoms with E-state index in [1.807, 2.05) is 12.1 Å². The van der Waals surface area contributed by atoms with Gasteiger partial charge in [0.05, 0.1) is 23.5 Å². The van der Waals surface area contributed by atoms with Gasteiger partial charge in [0.25, 0.3) is 5.91 Å². The third kappa shape index (κ3) is 3.16. The van der Waals surface area contributed by atoms with Gasteiger partial charge in [0, 0.05) is 24.1 Å². The summed E-state index contributed by atoms with van der Waals surface area (Å²) in [6, 6.07) is 7.26. The first-order chi connectivity index (χ1) is 8.99. The lowest BCUT2D eigenvalue weighted by Crippen LogP contribution is -2.27. The molecule has 0 radical (unpaired) electrons. The van der Waals surface area contributed by atoms with Crippen LogP contribution in [-0.2, 0) is 13.6 Å². The van der Waals surface area contributed by atoms with Crippen LogP contribution in [0.3, 0.4) is 0 Å². The maximum atomic E-state index is 12.2. The van der Waals surface area contributed by atoms with Crippen LogP contribution in [0.15, 0.2) is 34.9 Å². The second-order valence-corrected chi connectivity index (χ2v) is 5.55.